The molecule has 0 aliphatic heterocycles. The molecule has 0 radical (unpaired) electrons. The van der Waals surface area contributed by atoms with Crippen LogP contribution in [0.15, 0.2) is 0 Å². The first-order chi connectivity index (χ1) is 4.83. The van der Waals surface area contributed by atoms with Crippen molar-refractivity contribution < 1.29 is 29.1 Å². The highest BCUT2D eigenvalue weighted by Gasteiger charge is 2.48. The van der Waals surface area contributed by atoms with Gasteiger partial charge in [-0.05, 0) is 4.48 Å². The van der Waals surface area contributed by atoms with Crippen LogP contribution in [0.4, 0.5) is 14.4 Å². The van der Waals surface area contributed by atoms with E-state index in [1.54, 1.807) is 0 Å². The molecule has 0 bridgehead atoms. The quantitative estimate of drug-likeness (QED) is 0.430. The van der Waals surface area contributed by atoms with E-state index >= 15 is 0 Å². The van der Waals surface area contributed by atoms with E-state index in [0.717, 1.165) is 0 Å². The lowest BCUT2D eigenvalue weighted by molar-refractivity contribution is -0.675. The van der Waals surface area contributed by atoms with Crippen LogP contribution in [0.25, 0.3) is 0 Å². The molecule has 4 N–H and O–H groups in total. The predicted molar refractivity (Wildman–Crippen MR) is 31.8 cm³/mol. The fourth-order valence-electron chi connectivity index (χ4n) is 0.270. The summed E-state index contributed by atoms with van der Waals surface area (Å²) in [6.45, 7) is 0. The number of rotatable bonds is 0. The summed E-state index contributed by atoms with van der Waals surface area (Å²) in [5.74, 6) is 0. The number of carboxylic acid groups (broad SMARTS) is 2. The molecular formula is C4H7N2O5+. The van der Waals surface area contributed by atoms with Gasteiger partial charge in [-0.25, -0.2) is 4.79 Å². The van der Waals surface area contributed by atoms with Gasteiger partial charge in [-0.15, -0.1) is 0 Å². The van der Waals surface area contributed by atoms with Gasteiger partial charge in [-0.3, -0.25) is 0 Å². The number of imide groups is 3. The summed E-state index contributed by atoms with van der Waals surface area (Å²) < 4.78 is -1.86. The zero-order valence-electron chi connectivity index (χ0n) is 5.64. The Morgan fingerprint density at radius 2 is 1.45 bits per heavy atom. The van der Waals surface area contributed by atoms with Crippen molar-refractivity contribution in [2.75, 3.05) is 7.05 Å². The average Bonchev–Trinajstić information content (AvgIpc) is 1.84. The maximum Gasteiger partial charge on any atom is 0.533 e. The number of carbonyl (C=O) groups excluding carboxylic acids is 1. The van der Waals surface area contributed by atoms with E-state index in [0.29, 0.717) is 7.05 Å². The summed E-state index contributed by atoms with van der Waals surface area (Å²) in [6.07, 6.45) is -3.66. The summed E-state index contributed by atoms with van der Waals surface area (Å²) in [7, 11) is 0.674. The molecular weight excluding hydrogens is 156 g/mol. The lowest BCUT2D eigenvalue weighted by Gasteiger charge is -2.14. The Bertz CT molecular complexity index is 186. The molecule has 0 aromatic rings. The van der Waals surface area contributed by atoms with Crippen LogP contribution in [0, 0.1) is 0 Å². The highest BCUT2D eigenvalue weighted by atomic mass is 16.5. The van der Waals surface area contributed by atoms with Crippen LogP contribution in [0.2, 0.25) is 0 Å². The molecule has 0 atom stereocenters. The summed E-state index contributed by atoms with van der Waals surface area (Å²) in [6, 6.07) is -1.45. The molecule has 0 unspecified atom stereocenters. The minimum absolute atomic E-state index is 0.674. The summed E-state index contributed by atoms with van der Waals surface area (Å²) in [5, 5.41) is 16.5. The maximum atomic E-state index is 10.3. The first kappa shape index (κ1) is 9.37. The Labute approximate surface area is 61.2 Å². The molecule has 0 spiro atoms. The molecule has 0 aliphatic rings. The van der Waals surface area contributed by atoms with E-state index in [1.165, 1.54) is 0 Å². The van der Waals surface area contributed by atoms with E-state index in [9.17, 15) is 14.4 Å². The number of carbonyl (C=O) groups is 3. The Morgan fingerprint density at radius 3 is 1.45 bits per heavy atom. The van der Waals surface area contributed by atoms with Crippen molar-refractivity contribution in [3.05, 3.63) is 0 Å². The van der Waals surface area contributed by atoms with Gasteiger partial charge in [0, 0.05) is 0 Å². The minimum atomic E-state index is -1.86. The Balaban J connectivity index is 4.99. The van der Waals surface area contributed by atoms with E-state index in [-0.39, 0.29) is 0 Å². The van der Waals surface area contributed by atoms with Crippen LogP contribution in [0.1, 0.15) is 0 Å². The monoisotopic (exact) mass is 163 g/mol. The van der Waals surface area contributed by atoms with Crippen LogP contribution in [-0.4, -0.2) is 40.0 Å². The molecule has 7 nitrogen and oxygen atoms in total. The van der Waals surface area contributed by atoms with Gasteiger partial charge in [0.15, 0.2) is 0 Å². The predicted octanol–water partition coefficient (Wildman–Crippen LogP) is -0.132. The van der Waals surface area contributed by atoms with Crippen molar-refractivity contribution in [2.24, 2.45) is 5.73 Å². The van der Waals surface area contributed by atoms with Crippen LogP contribution >= 0.6 is 0 Å². The van der Waals surface area contributed by atoms with Gasteiger partial charge in [0.25, 0.3) is 0 Å². The van der Waals surface area contributed by atoms with Gasteiger partial charge in [0.1, 0.15) is 0 Å². The normalized spacial score (nSPS) is 10.6. The third-order valence-electron chi connectivity index (χ3n) is 1.21. The second kappa shape index (κ2) is 2.54. The first-order valence-corrected chi connectivity index (χ1v) is 2.47. The molecule has 7 heteroatoms. The van der Waals surface area contributed by atoms with Gasteiger partial charge in [0.2, 0.25) is 0 Å². The molecule has 0 saturated carbocycles. The molecule has 0 rings (SSSR count). The van der Waals surface area contributed by atoms with Crippen molar-refractivity contribution in [3.8, 4) is 0 Å². The lowest BCUT2D eigenvalue weighted by Crippen LogP contribution is -2.59. The van der Waals surface area contributed by atoms with Crippen molar-refractivity contribution >= 4 is 18.2 Å². The summed E-state index contributed by atoms with van der Waals surface area (Å²) in [5.41, 5.74) is 4.54. The largest absolute Gasteiger partial charge is 0.533 e. The average molecular weight is 163 g/mol. The van der Waals surface area contributed by atoms with Gasteiger partial charge < -0.3 is 15.9 Å². The number of hydrogen-bond acceptors (Lipinski definition) is 3. The summed E-state index contributed by atoms with van der Waals surface area (Å²) in [4.78, 5) is 30.7. The van der Waals surface area contributed by atoms with E-state index in [4.69, 9.17) is 10.2 Å². The fraction of sp³-hybridized carbons (Fsp3) is 0.250. The number of nitrogens with zero attached hydrogens (tertiary/aromatic N) is 1. The van der Waals surface area contributed by atoms with Crippen molar-refractivity contribution in [3.63, 3.8) is 0 Å². The topological polar surface area (TPSA) is 118 Å². The van der Waals surface area contributed by atoms with Gasteiger partial charge in [0.05, 0.1) is 7.05 Å². The van der Waals surface area contributed by atoms with E-state index in [1.807, 2.05) is 0 Å². The number of primary amides is 1. The zero-order chi connectivity index (χ0) is 9.23. The van der Waals surface area contributed by atoms with Gasteiger partial charge in [-0.1, -0.05) is 0 Å². The Kier molecular flexibility index (Phi) is 2.17. The zero-order valence-corrected chi connectivity index (χ0v) is 5.64. The fourth-order valence-corrected chi connectivity index (χ4v) is 0.270. The van der Waals surface area contributed by atoms with Crippen LogP contribution < -0.4 is 5.73 Å². The molecule has 0 heterocycles. The second-order valence-corrected chi connectivity index (χ2v) is 1.91. The highest BCUT2D eigenvalue weighted by molar-refractivity contribution is 5.89. The molecule has 0 aromatic heterocycles. The third kappa shape index (κ3) is 1.27. The van der Waals surface area contributed by atoms with Crippen LogP contribution in [0.5, 0.6) is 0 Å². The second-order valence-electron chi connectivity index (χ2n) is 1.91. The van der Waals surface area contributed by atoms with Crippen LogP contribution in [-0.2, 0) is 0 Å². The number of amides is 4. The molecule has 62 valence electrons. The molecule has 0 aliphatic carbocycles. The molecule has 4 amide bonds. The number of hydrogen-bond donors (Lipinski definition) is 3. The van der Waals surface area contributed by atoms with Crippen molar-refractivity contribution in [1.82, 2.24) is 0 Å². The smallest absolute Gasteiger partial charge is 0.435 e. The Hall–Kier alpha value is -1.63. The summed E-state index contributed by atoms with van der Waals surface area (Å²) >= 11 is 0. The maximum absolute atomic E-state index is 10.3. The molecule has 0 fully saturated rings. The third-order valence-corrected chi connectivity index (χ3v) is 1.21. The highest BCUT2D eigenvalue weighted by Crippen LogP contribution is 2.02. The number of urea groups is 1. The lowest BCUT2D eigenvalue weighted by atomic mass is 10.6. The molecule has 0 aromatic carbocycles. The van der Waals surface area contributed by atoms with E-state index in [2.05, 4.69) is 5.73 Å². The van der Waals surface area contributed by atoms with Crippen LogP contribution in [0.3, 0.4) is 0 Å². The Morgan fingerprint density at radius 1 is 1.18 bits per heavy atom. The SMILES string of the molecule is C[N+](C(N)=O)(C(=O)O)C(=O)O. The van der Waals surface area contributed by atoms with E-state index < -0.39 is 22.7 Å². The van der Waals surface area contributed by atoms with Crippen molar-refractivity contribution in [2.45, 2.75) is 0 Å². The van der Waals surface area contributed by atoms with Gasteiger partial charge in [-0.2, -0.15) is 9.59 Å². The first-order valence-electron chi connectivity index (χ1n) is 2.47. The standard InChI is InChI=1S/C4H6N2O5/c1-6(2(5)7,3(8)9)4(10)11/h1H3,(H3-,5,7,8,9,10,11)/p+1. The number of quaternary nitrogens is 1. The molecule has 11 heavy (non-hydrogen) atoms. The van der Waals surface area contributed by atoms with Gasteiger partial charge >= 0.3 is 18.2 Å². The number of nitrogens with two attached hydrogens (primary N) is 1. The molecule has 0 saturated heterocycles. The van der Waals surface area contributed by atoms with Crippen molar-refractivity contribution in [1.29, 1.82) is 0 Å². The minimum Gasteiger partial charge on any atom is -0.435 e.